The van der Waals surface area contributed by atoms with E-state index in [2.05, 4.69) is 21.8 Å². The van der Waals surface area contributed by atoms with E-state index >= 15 is 0 Å². The van der Waals surface area contributed by atoms with Gasteiger partial charge in [0.1, 0.15) is 10.7 Å². The Bertz CT molecular complexity index is 995. The maximum atomic E-state index is 12.4. The maximum Gasteiger partial charge on any atom is 0.254 e. The van der Waals surface area contributed by atoms with Gasteiger partial charge in [-0.1, -0.05) is 29.4 Å². The summed E-state index contributed by atoms with van der Waals surface area (Å²) in [7, 11) is 3.39. The summed E-state index contributed by atoms with van der Waals surface area (Å²) in [5, 5.41) is 11.0. The largest absolute Gasteiger partial charge is 0.390 e. The molecule has 1 aromatic carbocycles. The molecule has 172 valence electrons. The molecule has 0 bridgehead atoms. The van der Waals surface area contributed by atoms with Crippen molar-refractivity contribution in [3.8, 4) is 0 Å². The van der Waals surface area contributed by atoms with Crippen molar-refractivity contribution >= 4 is 35.1 Å². The van der Waals surface area contributed by atoms with Crippen LogP contribution in [0.3, 0.4) is 0 Å². The minimum atomic E-state index is -0.189. The third-order valence-corrected chi connectivity index (χ3v) is 7.77. The van der Waals surface area contributed by atoms with E-state index in [1.165, 1.54) is 16.7 Å². The molecule has 2 aromatic rings. The summed E-state index contributed by atoms with van der Waals surface area (Å²) in [6.07, 6.45) is 5.28. The second kappa shape index (κ2) is 9.55. The third-order valence-electron chi connectivity index (χ3n) is 6.28. The smallest absolute Gasteiger partial charge is 0.254 e. The molecule has 1 atom stereocenters. The quantitative estimate of drug-likeness (QED) is 0.701. The minimum Gasteiger partial charge on any atom is -0.390 e. The van der Waals surface area contributed by atoms with Crippen molar-refractivity contribution in [3.05, 3.63) is 40.7 Å². The number of carbonyl (C=O) groups is 1. The van der Waals surface area contributed by atoms with Crippen LogP contribution in [0.5, 0.6) is 0 Å². The van der Waals surface area contributed by atoms with Crippen molar-refractivity contribution in [2.24, 2.45) is 5.41 Å². The van der Waals surface area contributed by atoms with Gasteiger partial charge in [0, 0.05) is 32.1 Å². The predicted molar refractivity (Wildman–Crippen MR) is 125 cm³/mol. The molecule has 0 aliphatic carbocycles. The molecule has 1 aromatic heterocycles. The number of hydrogen-bond acceptors (Lipinski definition) is 7. The van der Waals surface area contributed by atoms with Gasteiger partial charge in [-0.25, -0.2) is 9.97 Å². The van der Waals surface area contributed by atoms with Crippen LogP contribution in [0.2, 0.25) is 5.02 Å². The van der Waals surface area contributed by atoms with Crippen LogP contribution in [0.1, 0.15) is 42.2 Å². The number of nitrogens with zero attached hydrogens (tertiary/aromatic N) is 4. The van der Waals surface area contributed by atoms with Gasteiger partial charge in [-0.2, -0.15) is 0 Å². The van der Waals surface area contributed by atoms with Crippen LogP contribution in [0.25, 0.3) is 0 Å². The molecule has 0 radical (unpaired) electrons. The Morgan fingerprint density at radius 3 is 2.75 bits per heavy atom. The van der Waals surface area contributed by atoms with E-state index < -0.39 is 0 Å². The summed E-state index contributed by atoms with van der Waals surface area (Å²) in [5.74, 6) is 0.584. The molecular formula is C23H29ClN4O3S. The molecule has 32 heavy (non-hydrogen) atoms. The van der Waals surface area contributed by atoms with E-state index in [0.29, 0.717) is 27.4 Å². The number of aliphatic hydroxyl groups is 1. The Morgan fingerprint density at radius 1 is 1.38 bits per heavy atom. The fourth-order valence-electron chi connectivity index (χ4n) is 4.52. The number of ether oxygens (including phenoxy) is 1. The lowest BCUT2D eigenvalue weighted by Gasteiger charge is -2.39. The summed E-state index contributed by atoms with van der Waals surface area (Å²) in [4.78, 5) is 26.1. The first-order valence-corrected chi connectivity index (χ1v) is 12.0. The number of rotatable bonds is 5. The zero-order valence-corrected chi connectivity index (χ0v) is 20.2. The SMILES string of the molecule is C[C@H]1CC2(CCN(c3ncc(Sc4cccc(C(=O)N(C)C)c4Cl)nc3CO)CC2)CO1. The Labute approximate surface area is 198 Å². The van der Waals surface area contributed by atoms with Crippen molar-refractivity contribution < 1.29 is 14.6 Å². The van der Waals surface area contributed by atoms with Gasteiger partial charge < -0.3 is 19.6 Å². The molecule has 0 unspecified atom stereocenters. The highest BCUT2D eigenvalue weighted by Gasteiger charge is 2.41. The fourth-order valence-corrected chi connectivity index (χ4v) is 5.67. The second-order valence-electron chi connectivity index (χ2n) is 8.87. The lowest BCUT2D eigenvalue weighted by molar-refractivity contribution is 0.0827. The minimum absolute atomic E-state index is 0.153. The van der Waals surface area contributed by atoms with Crippen molar-refractivity contribution in [2.75, 3.05) is 38.7 Å². The Hall–Kier alpha value is -1.87. The lowest BCUT2D eigenvalue weighted by atomic mass is 9.77. The number of piperidine rings is 1. The van der Waals surface area contributed by atoms with Crippen molar-refractivity contribution in [3.63, 3.8) is 0 Å². The molecule has 2 aliphatic heterocycles. The van der Waals surface area contributed by atoms with Crippen molar-refractivity contribution in [1.82, 2.24) is 14.9 Å². The zero-order chi connectivity index (χ0) is 22.9. The van der Waals surface area contributed by atoms with Crippen LogP contribution in [0, 0.1) is 5.41 Å². The first-order chi connectivity index (χ1) is 15.3. The highest BCUT2D eigenvalue weighted by atomic mass is 35.5. The number of amides is 1. The lowest BCUT2D eigenvalue weighted by Crippen LogP contribution is -2.41. The fraction of sp³-hybridized carbons (Fsp3) is 0.522. The van der Waals surface area contributed by atoms with Crippen LogP contribution in [0.4, 0.5) is 5.82 Å². The van der Waals surface area contributed by atoms with Crippen LogP contribution in [-0.2, 0) is 11.3 Å². The number of carbonyl (C=O) groups excluding carboxylic acids is 1. The van der Waals surface area contributed by atoms with E-state index in [0.717, 1.165) is 49.7 Å². The monoisotopic (exact) mass is 476 g/mol. The summed E-state index contributed by atoms with van der Waals surface area (Å²) in [6.45, 7) is 4.55. The van der Waals surface area contributed by atoms with Gasteiger partial charge in [0.25, 0.3) is 5.91 Å². The molecule has 7 nitrogen and oxygen atoms in total. The highest BCUT2D eigenvalue weighted by molar-refractivity contribution is 7.99. The molecule has 2 saturated heterocycles. The van der Waals surface area contributed by atoms with E-state index in [4.69, 9.17) is 16.3 Å². The van der Waals surface area contributed by atoms with Crippen molar-refractivity contribution in [2.45, 2.75) is 48.8 Å². The molecule has 4 rings (SSSR count). The van der Waals surface area contributed by atoms with E-state index in [1.807, 2.05) is 6.07 Å². The van der Waals surface area contributed by atoms with E-state index in [1.54, 1.807) is 32.4 Å². The molecule has 9 heteroatoms. The van der Waals surface area contributed by atoms with Gasteiger partial charge in [-0.3, -0.25) is 4.79 Å². The molecule has 1 spiro atoms. The number of aromatic nitrogens is 2. The molecule has 1 N–H and O–H groups in total. The second-order valence-corrected chi connectivity index (χ2v) is 10.3. The molecule has 2 fully saturated rings. The summed E-state index contributed by atoms with van der Waals surface area (Å²) in [5.41, 5.74) is 1.28. The molecule has 2 aliphatic rings. The number of benzene rings is 1. The Kier molecular flexibility index (Phi) is 6.95. The van der Waals surface area contributed by atoms with Crippen LogP contribution in [-0.4, -0.2) is 65.8 Å². The van der Waals surface area contributed by atoms with Gasteiger partial charge in [-0.15, -0.1) is 0 Å². The number of aliphatic hydroxyl groups excluding tert-OH is 1. The van der Waals surface area contributed by atoms with E-state index in [-0.39, 0.29) is 17.9 Å². The highest BCUT2D eigenvalue weighted by Crippen LogP contribution is 2.43. The summed E-state index contributed by atoms with van der Waals surface area (Å²) >= 11 is 7.84. The normalized spacial score (nSPS) is 20.0. The summed E-state index contributed by atoms with van der Waals surface area (Å²) < 4.78 is 5.83. The van der Waals surface area contributed by atoms with Crippen LogP contribution >= 0.6 is 23.4 Å². The maximum absolute atomic E-state index is 12.4. The van der Waals surface area contributed by atoms with Gasteiger partial charge in [0.15, 0.2) is 5.82 Å². The molecule has 0 saturated carbocycles. The predicted octanol–water partition coefficient (Wildman–Crippen LogP) is 3.87. The standard InChI is InChI=1S/C23H29ClN4O3S/c1-15-11-23(14-31-15)7-9-28(10-8-23)21-17(13-29)26-19(12-25-21)32-18-6-4-5-16(20(18)24)22(30)27(2)3/h4-6,12,15,29H,7-11,13-14H2,1-3H3/t15-/m0/s1. The Morgan fingerprint density at radius 2 is 2.12 bits per heavy atom. The number of halogens is 1. The van der Waals surface area contributed by atoms with Crippen LogP contribution < -0.4 is 4.90 Å². The first-order valence-electron chi connectivity index (χ1n) is 10.8. The number of anilines is 1. The zero-order valence-electron chi connectivity index (χ0n) is 18.7. The third kappa shape index (κ3) is 4.73. The van der Waals surface area contributed by atoms with Gasteiger partial charge >= 0.3 is 0 Å². The molecule has 3 heterocycles. The molecule has 1 amide bonds. The van der Waals surface area contributed by atoms with Gasteiger partial charge in [0.05, 0.1) is 36.1 Å². The number of hydrogen-bond donors (Lipinski definition) is 1. The molecular weight excluding hydrogens is 448 g/mol. The average molecular weight is 477 g/mol. The summed E-state index contributed by atoms with van der Waals surface area (Å²) in [6, 6.07) is 5.36. The van der Waals surface area contributed by atoms with Crippen LogP contribution in [0.15, 0.2) is 34.3 Å². The van der Waals surface area contributed by atoms with Gasteiger partial charge in [-0.05, 0) is 43.7 Å². The van der Waals surface area contributed by atoms with E-state index in [9.17, 15) is 9.90 Å². The average Bonchev–Trinajstić information content (AvgIpc) is 3.15. The Balaban J connectivity index is 1.50. The topological polar surface area (TPSA) is 78.8 Å². The first kappa shape index (κ1) is 23.3. The van der Waals surface area contributed by atoms with Crippen molar-refractivity contribution in [1.29, 1.82) is 0 Å². The van der Waals surface area contributed by atoms with Gasteiger partial charge in [0.2, 0.25) is 0 Å².